The van der Waals surface area contributed by atoms with Crippen molar-refractivity contribution in [3.8, 4) is 0 Å². The van der Waals surface area contributed by atoms with Crippen molar-refractivity contribution in [2.45, 2.75) is 31.1 Å². The molecular formula is C23H23F4N3O4. The van der Waals surface area contributed by atoms with Gasteiger partial charge in [-0.2, -0.15) is 17.6 Å². The van der Waals surface area contributed by atoms with E-state index in [2.05, 4.69) is 15.4 Å². The van der Waals surface area contributed by atoms with Crippen molar-refractivity contribution in [3.63, 3.8) is 0 Å². The number of hydrogen-bond donors (Lipinski definition) is 2. The molecule has 0 aromatic heterocycles. The number of rotatable bonds is 8. The summed E-state index contributed by atoms with van der Waals surface area (Å²) in [6.07, 6.45) is -1.14. The van der Waals surface area contributed by atoms with Gasteiger partial charge in [-0.15, -0.1) is 0 Å². The van der Waals surface area contributed by atoms with Gasteiger partial charge in [0.2, 0.25) is 11.8 Å². The Balaban J connectivity index is 1.62. The molecule has 0 spiro atoms. The Labute approximate surface area is 193 Å². The maximum atomic E-state index is 14.6. The minimum absolute atomic E-state index is 0.0450. The van der Waals surface area contributed by atoms with E-state index in [-0.39, 0.29) is 29.7 Å². The van der Waals surface area contributed by atoms with Gasteiger partial charge in [0.05, 0.1) is 12.6 Å². The Hall–Kier alpha value is -3.47. The number of carbonyl (C=O) groups excluding carboxylic acids is 3. The second-order valence-corrected chi connectivity index (χ2v) is 7.63. The van der Waals surface area contributed by atoms with E-state index in [1.54, 1.807) is 6.07 Å². The van der Waals surface area contributed by atoms with Crippen LogP contribution in [-0.4, -0.2) is 61.5 Å². The molecule has 1 saturated heterocycles. The van der Waals surface area contributed by atoms with Crippen molar-refractivity contribution in [1.82, 2.24) is 15.5 Å². The molecule has 7 nitrogen and oxygen atoms in total. The summed E-state index contributed by atoms with van der Waals surface area (Å²) in [5.41, 5.74) is -0.450. The molecule has 11 heteroatoms. The molecule has 1 aliphatic heterocycles. The number of benzene rings is 2. The minimum atomic E-state index is -3.26. The predicted octanol–water partition coefficient (Wildman–Crippen LogP) is 2.51. The van der Waals surface area contributed by atoms with Crippen molar-refractivity contribution in [3.05, 3.63) is 71.3 Å². The van der Waals surface area contributed by atoms with Gasteiger partial charge in [-0.3, -0.25) is 14.4 Å². The summed E-state index contributed by atoms with van der Waals surface area (Å²) in [5.74, 6) is -5.17. The first-order chi connectivity index (χ1) is 16.1. The van der Waals surface area contributed by atoms with Gasteiger partial charge in [-0.25, -0.2) is 0 Å². The van der Waals surface area contributed by atoms with Crippen LogP contribution >= 0.6 is 0 Å². The molecular weight excluding hydrogens is 458 g/mol. The zero-order valence-corrected chi connectivity index (χ0v) is 18.1. The van der Waals surface area contributed by atoms with Gasteiger partial charge in [-0.1, -0.05) is 42.5 Å². The van der Waals surface area contributed by atoms with E-state index in [1.165, 1.54) is 43.4 Å². The Kier molecular flexibility index (Phi) is 7.87. The van der Waals surface area contributed by atoms with Crippen LogP contribution in [0.2, 0.25) is 0 Å². The zero-order valence-electron chi connectivity index (χ0n) is 18.1. The van der Waals surface area contributed by atoms with Crippen molar-refractivity contribution < 1.29 is 36.7 Å². The summed E-state index contributed by atoms with van der Waals surface area (Å²) < 4.78 is 58.8. The summed E-state index contributed by atoms with van der Waals surface area (Å²) in [6.45, 7) is -3.81. The van der Waals surface area contributed by atoms with E-state index >= 15 is 0 Å². The Bertz CT molecular complexity index is 1020. The molecule has 1 heterocycles. The van der Waals surface area contributed by atoms with Gasteiger partial charge in [-0.05, 0) is 12.1 Å². The largest absolute Gasteiger partial charge is 0.357 e. The summed E-state index contributed by atoms with van der Waals surface area (Å²) in [4.78, 5) is 38.1. The van der Waals surface area contributed by atoms with Crippen LogP contribution < -0.4 is 10.6 Å². The number of alkyl halides is 4. The molecule has 2 aromatic carbocycles. The lowest BCUT2D eigenvalue weighted by Crippen LogP contribution is -2.48. The summed E-state index contributed by atoms with van der Waals surface area (Å²) in [7, 11) is 1.35. The fraction of sp³-hybridized carbons (Fsp3) is 0.348. The van der Waals surface area contributed by atoms with E-state index in [1.807, 2.05) is 0 Å². The number of amides is 3. The van der Waals surface area contributed by atoms with Gasteiger partial charge >= 0.3 is 6.61 Å². The molecule has 0 saturated carbocycles. The summed E-state index contributed by atoms with van der Waals surface area (Å²) in [5, 5.41) is 4.72. The second-order valence-electron chi connectivity index (χ2n) is 7.63. The maximum absolute atomic E-state index is 14.6. The molecule has 34 heavy (non-hydrogen) atoms. The van der Waals surface area contributed by atoms with Gasteiger partial charge < -0.3 is 20.3 Å². The molecule has 2 N–H and O–H groups in total. The van der Waals surface area contributed by atoms with Crippen LogP contribution in [-0.2, 0) is 20.2 Å². The van der Waals surface area contributed by atoms with Crippen molar-refractivity contribution in [1.29, 1.82) is 0 Å². The third-order valence-corrected chi connectivity index (χ3v) is 5.47. The third kappa shape index (κ3) is 5.71. The van der Waals surface area contributed by atoms with E-state index < -0.39 is 48.9 Å². The standard InChI is InChI=1S/C23H23F4N3O4/c1-28-21(33)18-11-17(34-22(24)25)13-30(18)19(31)12-29-20(32)14-7-9-16(10-8-14)23(26,27)15-5-3-2-4-6-15/h2-10,17-18,22H,11-13H2,1H3,(H,28,33)(H,29,32)/t17-,18?/m1/s1. The van der Waals surface area contributed by atoms with Crippen molar-refractivity contribution in [2.75, 3.05) is 20.1 Å². The van der Waals surface area contributed by atoms with Crippen LogP contribution in [0.1, 0.15) is 27.9 Å². The van der Waals surface area contributed by atoms with Gasteiger partial charge in [0.25, 0.3) is 11.8 Å². The number of nitrogens with zero attached hydrogens (tertiary/aromatic N) is 1. The first-order valence-corrected chi connectivity index (χ1v) is 10.4. The average Bonchev–Trinajstić information content (AvgIpc) is 3.25. The van der Waals surface area contributed by atoms with E-state index in [9.17, 15) is 31.9 Å². The minimum Gasteiger partial charge on any atom is -0.357 e. The smallest absolute Gasteiger partial charge is 0.345 e. The van der Waals surface area contributed by atoms with E-state index in [0.717, 1.165) is 17.0 Å². The quantitative estimate of drug-likeness (QED) is 0.568. The first-order valence-electron chi connectivity index (χ1n) is 10.4. The average molecular weight is 481 g/mol. The molecule has 3 rings (SSSR count). The molecule has 182 valence electrons. The fourth-order valence-electron chi connectivity index (χ4n) is 3.74. The van der Waals surface area contributed by atoms with E-state index in [4.69, 9.17) is 0 Å². The molecule has 1 unspecified atom stereocenters. The number of likely N-dealkylation sites (tertiary alicyclic amines) is 1. The van der Waals surface area contributed by atoms with Gasteiger partial charge in [0.15, 0.2) is 0 Å². The molecule has 2 atom stereocenters. The maximum Gasteiger partial charge on any atom is 0.345 e. The third-order valence-electron chi connectivity index (χ3n) is 5.47. The molecule has 1 aliphatic rings. The SMILES string of the molecule is CNC(=O)C1C[C@@H](OC(F)F)CN1C(=O)CNC(=O)c1ccc(C(F)(F)c2ccccc2)cc1. The summed E-state index contributed by atoms with van der Waals surface area (Å²) in [6, 6.07) is 10.9. The number of nitrogens with one attached hydrogen (secondary N) is 2. The number of ether oxygens (including phenoxy) is 1. The molecule has 2 aromatic rings. The lowest BCUT2D eigenvalue weighted by atomic mass is 9.99. The van der Waals surface area contributed by atoms with E-state index in [0.29, 0.717) is 0 Å². The Morgan fingerprint density at radius 1 is 1.06 bits per heavy atom. The molecule has 0 aliphatic carbocycles. The molecule has 0 radical (unpaired) electrons. The number of halogens is 4. The molecule has 1 fully saturated rings. The predicted molar refractivity (Wildman–Crippen MR) is 113 cm³/mol. The number of likely N-dealkylation sites (N-methyl/N-ethyl adjacent to an activating group) is 1. The Morgan fingerprint density at radius 3 is 2.26 bits per heavy atom. The van der Waals surface area contributed by atoms with Gasteiger partial charge in [0, 0.05) is 36.7 Å². The highest BCUT2D eigenvalue weighted by atomic mass is 19.3. The van der Waals surface area contributed by atoms with Crippen LogP contribution in [0.25, 0.3) is 0 Å². The first kappa shape index (κ1) is 25.2. The molecule has 3 amide bonds. The van der Waals surface area contributed by atoms with Crippen molar-refractivity contribution >= 4 is 17.7 Å². The topological polar surface area (TPSA) is 87.7 Å². The fourth-order valence-corrected chi connectivity index (χ4v) is 3.74. The number of carbonyl (C=O) groups is 3. The van der Waals surface area contributed by atoms with Crippen LogP contribution in [0.15, 0.2) is 54.6 Å². The molecule has 0 bridgehead atoms. The second kappa shape index (κ2) is 10.6. The number of hydrogen-bond acceptors (Lipinski definition) is 4. The van der Waals surface area contributed by atoms with Gasteiger partial charge in [0.1, 0.15) is 6.04 Å². The summed E-state index contributed by atoms with van der Waals surface area (Å²) >= 11 is 0. The van der Waals surface area contributed by atoms with Crippen LogP contribution in [0, 0.1) is 0 Å². The normalized spacial score (nSPS) is 18.1. The zero-order chi connectivity index (χ0) is 24.9. The van der Waals surface area contributed by atoms with Crippen molar-refractivity contribution in [2.24, 2.45) is 0 Å². The van der Waals surface area contributed by atoms with Crippen LogP contribution in [0.3, 0.4) is 0 Å². The highest BCUT2D eigenvalue weighted by molar-refractivity contribution is 5.97. The lowest BCUT2D eigenvalue weighted by molar-refractivity contribution is -0.160. The monoisotopic (exact) mass is 481 g/mol. The lowest BCUT2D eigenvalue weighted by Gasteiger charge is -2.23. The van der Waals surface area contributed by atoms with Crippen LogP contribution in [0.4, 0.5) is 17.6 Å². The highest BCUT2D eigenvalue weighted by Crippen LogP contribution is 2.35. The van der Waals surface area contributed by atoms with Crippen LogP contribution in [0.5, 0.6) is 0 Å². The Morgan fingerprint density at radius 2 is 1.68 bits per heavy atom. The highest BCUT2D eigenvalue weighted by Gasteiger charge is 2.40.